The average molecular weight is 257 g/mol. The van der Waals surface area contributed by atoms with Crippen LogP contribution in [-0.2, 0) is 15.6 Å². The number of carboxylic acid groups (broad SMARTS) is 1. The second-order valence-corrected chi connectivity index (χ2v) is 5.61. The van der Waals surface area contributed by atoms with Crippen molar-refractivity contribution >= 4 is 15.8 Å². The van der Waals surface area contributed by atoms with Crippen LogP contribution >= 0.6 is 0 Å². The minimum atomic E-state index is -3.36. The van der Waals surface area contributed by atoms with E-state index in [4.69, 9.17) is 14.8 Å². The van der Waals surface area contributed by atoms with Gasteiger partial charge in [-0.25, -0.2) is 13.2 Å². The summed E-state index contributed by atoms with van der Waals surface area (Å²) in [4.78, 5) is 10.5. The third kappa shape index (κ3) is 4.28. The Bertz CT molecular complexity index is 537. The summed E-state index contributed by atoms with van der Waals surface area (Å²) in [5.74, 6) is -1.88. The molecule has 0 unspecified atom stereocenters. The number of carbonyl (C=O) groups is 1. The monoisotopic (exact) mass is 257 g/mol. The lowest BCUT2D eigenvalue weighted by Crippen LogP contribution is -2.08. The molecule has 1 rings (SSSR count). The number of hydrogen-bond acceptors (Lipinski definition) is 5. The molecular weight excluding hydrogens is 246 g/mol. The Kier molecular flexibility index (Phi) is 4.29. The minimum absolute atomic E-state index is 0.0966. The first-order chi connectivity index (χ1) is 7.94. The van der Waals surface area contributed by atoms with Crippen LogP contribution in [0.2, 0.25) is 0 Å². The van der Waals surface area contributed by atoms with Crippen molar-refractivity contribution in [1.82, 2.24) is 0 Å². The van der Waals surface area contributed by atoms with Crippen molar-refractivity contribution in [2.45, 2.75) is 18.6 Å². The normalized spacial score (nSPS) is 11.0. The minimum Gasteiger partial charge on any atom is -0.475 e. The first-order valence-corrected chi connectivity index (χ1v) is 6.66. The molecule has 0 fully saturated rings. The first kappa shape index (κ1) is 13.3. The lowest BCUT2D eigenvalue weighted by atomic mass is 10.4. The van der Waals surface area contributed by atoms with Gasteiger partial charge in [0.1, 0.15) is 11.5 Å². The van der Waals surface area contributed by atoms with Crippen LogP contribution in [0.1, 0.15) is 29.2 Å². The molecule has 0 bridgehead atoms. The number of sulfone groups is 1. The number of hydrogen-bond donors (Lipinski definition) is 1. The molecule has 0 aliphatic carbocycles. The maximum Gasteiger partial charge on any atom is 0.371 e. The number of nitriles is 1. The summed E-state index contributed by atoms with van der Waals surface area (Å²) in [6.07, 6.45) is 0.448. The van der Waals surface area contributed by atoms with Crippen LogP contribution in [0.3, 0.4) is 0 Å². The zero-order valence-corrected chi connectivity index (χ0v) is 9.74. The molecule has 1 N–H and O–H groups in total. The fourth-order valence-electron chi connectivity index (χ4n) is 1.23. The van der Waals surface area contributed by atoms with Crippen LogP contribution in [0.25, 0.3) is 0 Å². The maximum absolute atomic E-state index is 11.5. The molecule has 92 valence electrons. The number of carboxylic acids is 1. The van der Waals surface area contributed by atoms with E-state index in [1.165, 1.54) is 12.1 Å². The fourth-order valence-corrected chi connectivity index (χ4v) is 2.55. The Morgan fingerprint density at radius 1 is 1.47 bits per heavy atom. The van der Waals surface area contributed by atoms with Gasteiger partial charge in [-0.2, -0.15) is 5.26 Å². The number of nitrogens with zero attached hydrogens (tertiary/aromatic N) is 1. The molecule has 0 amide bonds. The second kappa shape index (κ2) is 5.50. The molecule has 1 aromatic heterocycles. The topological polar surface area (TPSA) is 108 Å². The van der Waals surface area contributed by atoms with Crippen molar-refractivity contribution in [3.63, 3.8) is 0 Å². The molecule has 0 aromatic carbocycles. The molecule has 6 nitrogen and oxygen atoms in total. The molecule has 17 heavy (non-hydrogen) atoms. The SMILES string of the molecule is N#CCCCS(=O)(=O)Cc1ccc(C(=O)O)o1. The van der Waals surface area contributed by atoms with Gasteiger partial charge in [0, 0.05) is 6.42 Å². The van der Waals surface area contributed by atoms with Gasteiger partial charge in [0.05, 0.1) is 11.8 Å². The van der Waals surface area contributed by atoms with E-state index in [-0.39, 0.29) is 35.9 Å². The number of unbranched alkanes of at least 4 members (excludes halogenated alkanes) is 1. The summed E-state index contributed by atoms with van der Waals surface area (Å²) in [6, 6.07) is 4.39. The summed E-state index contributed by atoms with van der Waals surface area (Å²) in [7, 11) is -3.36. The molecule has 1 aromatic rings. The van der Waals surface area contributed by atoms with Gasteiger partial charge >= 0.3 is 5.97 Å². The highest BCUT2D eigenvalue weighted by Crippen LogP contribution is 2.12. The highest BCUT2D eigenvalue weighted by molar-refractivity contribution is 7.90. The molecule has 0 aliphatic heterocycles. The third-order valence-electron chi connectivity index (χ3n) is 1.98. The molecule has 0 saturated carbocycles. The summed E-state index contributed by atoms with van der Waals surface area (Å²) < 4.78 is 27.9. The van der Waals surface area contributed by atoms with E-state index in [1.807, 2.05) is 6.07 Å². The fraction of sp³-hybridized carbons (Fsp3) is 0.400. The number of rotatable bonds is 6. The van der Waals surface area contributed by atoms with E-state index in [9.17, 15) is 13.2 Å². The van der Waals surface area contributed by atoms with Crippen molar-refractivity contribution in [2.24, 2.45) is 0 Å². The smallest absolute Gasteiger partial charge is 0.371 e. The molecule has 0 spiro atoms. The first-order valence-electron chi connectivity index (χ1n) is 4.84. The van der Waals surface area contributed by atoms with E-state index >= 15 is 0 Å². The number of aromatic carboxylic acids is 1. The van der Waals surface area contributed by atoms with E-state index in [0.29, 0.717) is 0 Å². The summed E-state index contributed by atoms with van der Waals surface area (Å²) in [5, 5.41) is 16.9. The summed E-state index contributed by atoms with van der Waals surface area (Å²) >= 11 is 0. The molecule has 1 heterocycles. The van der Waals surface area contributed by atoms with Crippen LogP contribution in [0.4, 0.5) is 0 Å². The van der Waals surface area contributed by atoms with E-state index < -0.39 is 15.8 Å². The molecule has 0 atom stereocenters. The maximum atomic E-state index is 11.5. The molecule has 0 aliphatic rings. The Hall–Kier alpha value is -1.81. The van der Waals surface area contributed by atoms with Gasteiger partial charge in [-0.15, -0.1) is 0 Å². The van der Waals surface area contributed by atoms with Crippen LogP contribution in [0.5, 0.6) is 0 Å². The lowest BCUT2D eigenvalue weighted by Gasteiger charge is -1.99. The number of furan rings is 1. The van der Waals surface area contributed by atoms with Gasteiger partial charge in [0.15, 0.2) is 9.84 Å². The predicted molar refractivity (Wildman–Crippen MR) is 58.0 cm³/mol. The van der Waals surface area contributed by atoms with Crippen LogP contribution < -0.4 is 0 Å². The largest absolute Gasteiger partial charge is 0.475 e. The van der Waals surface area contributed by atoms with Crippen molar-refractivity contribution in [3.8, 4) is 6.07 Å². The van der Waals surface area contributed by atoms with E-state index in [1.54, 1.807) is 0 Å². The van der Waals surface area contributed by atoms with Crippen molar-refractivity contribution in [1.29, 1.82) is 5.26 Å². The van der Waals surface area contributed by atoms with Gasteiger partial charge in [0.2, 0.25) is 5.76 Å². The molecular formula is C10H11NO5S. The van der Waals surface area contributed by atoms with Gasteiger partial charge in [-0.3, -0.25) is 0 Å². The standard InChI is InChI=1S/C10H11NO5S/c11-5-1-2-6-17(14,15)7-8-3-4-9(16-8)10(12)13/h3-4H,1-2,6-7H2,(H,12,13). The van der Waals surface area contributed by atoms with Gasteiger partial charge in [-0.05, 0) is 18.6 Å². The Labute approximate surface area is 98.4 Å². The molecule has 0 saturated heterocycles. The van der Waals surface area contributed by atoms with Gasteiger partial charge < -0.3 is 9.52 Å². The zero-order chi connectivity index (χ0) is 12.9. The van der Waals surface area contributed by atoms with E-state index in [0.717, 1.165) is 0 Å². The third-order valence-corrected chi connectivity index (χ3v) is 3.61. The molecule has 0 radical (unpaired) electrons. The highest BCUT2D eigenvalue weighted by atomic mass is 32.2. The molecule has 7 heteroatoms. The van der Waals surface area contributed by atoms with Crippen LogP contribution in [0, 0.1) is 11.3 Å². The summed E-state index contributed by atoms with van der Waals surface area (Å²) in [5.41, 5.74) is 0. The van der Waals surface area contributed by atoms with Gasteiger partial charge in [0.25, 0.3) is 0 Å². The Balaban J connectivity index is 2.64. The van der Waals surface area contributed by atoms with Gasteiger partial charge in [-0.1, -0.05) is 0 Å². The zero-order valence-electron chi connectivity index (χ0n) is 8.92. The van der Waals surface area contributed by atoms with E-state index in [2.05, 4.69) is 0 Å². The Morgan fingerprint density at radius 2 is 2.18 bits per heavy atom. The van der Waals surface area contributed by atoms with Crippen molar-refractivity contribution in [3.05, 3.63) is 23.7 Å². The predicted octanol–water partition coefficient (Wildman–Crippen LogP) is 1.20. The lowest BCUT2D eigenvalue weighted by molar-refractivity contribution is 0.0660. The quantitative estimate of drug-likeness (QED) is 0.767. The Morgan fingerprint density at radius 3 is 2.71 bits per heavy atom. The van der Waals surface area contributed by atoms with Crippen LogP contribution in [0.15, 0.2) is 16.5 Å². The van der Waals surface area contributed by atoms with Crippen molar-refractivity contribution < 1.29 is 22.7 Å². The highest BCUT2D eigenvalue weighted by Gasteiger charge is 2.16. The van der Waals surface area contributed by atoms with Crippen LogP contribution in [-0.4, -0.2) is 25.2 Å². The second-order valence-electron chi connectivity index (χ2n) is 3.42. The van der Waals surface area contributed by atoms with Crippen molar-refractivity contribution in [2.75, 3.05) is 5.75 Å². The average Bonchev–Trinajstić information content (AvgIpc) is 2.65. The summed E-state index contributed by atoms with van der Waals surface area (Å²) in [6.45, 7) is 0.